The minimum atomic E-state index is 0. The van der Waals surface area contributed by atoms with Crippen LogP contribution in [-0.4, -0.2) is 65.7 Å². The largest absolute Gasteiger partial charge is 0.232 e. The SMILES string of the molecule is CCCCCCCCCCCCBS.[Na].[Na]. The van der Waals surface area contributed by atoms with Crippen molar-refractivity contribution in [2.75, 3.05) is 0 Å². The fourth-order valence-electron chi connectivity index (χ4n) is 1.78. The van der Waals surface area contributed by atoms with Gasteiger partial charge in [0.05, 0.1) is 0 Å². The van der Waals surface area contributed by atoms with Crippen molar-refractivity contribution in [2.24, 2.45) is 0 Å². The van der Waals surface area contributed by atoms with Gasteiger partial charge in [0.25, 0.3) is 0 Å². The van der Waals surface area contributed by atoms with Crippen molar-refractivity contribution in [1.82, 2.24) is 0 Å². The van der Waals surface area contributed by atoms with Gasteiger partial charge in [-0.15, -0.1) is 0 Å². The first-order valence-corrected chi connectivity index (χ1v) is 7.16. The molecule has 0 aromatic carbocycles. The summed E-state index contributed by atoms with van der Waals surface area (Å²) < 4.78 is 0. The predicted octanol–water partition coefficient (Wildman–Crippen LogP) is 3.85. The molecular formula is C12H27BNa2S. The second kappa shape index (κ2) is 22.6. The van der Waals surface area contributed by atoms with Gasteiger partial charge in [-0.2, -0.15) is 0 Å². The molecule has 16 heavy (non-hydrogen) atoms. The number of unbranched alkanes of at least 4 members (excludes halogenated alkanes) is 9. The van der Waals surface area contributed by atoms with Gasteiger partial charge in [0.1, 0.15) is 0 Å². The summed E-state index contributed by atoms with van der Waals surface area (Å²) in [6.07, 6.45) is 15.7. The number of rotatable bonds is 11. The first-order valence-electron chi connectivity index (χ1n) is 6.52. The average molecular weight is 260 g/mol. The maximum absolute atomic E-state index is 4.21. The summed E-state index contributed by atoms with van der Waals surface area (Å²) in [7, 11) is 0. The van der Waals surface area contributed by atoms with Gasteiger partial charge in [-0.25, -0.2) is 12.5 Å². The van der Waals surface area contributed by atoms with Crippen LogP contribution >= 0.6 is 12.5 Å². The van der Waals surface area contributed by atoms with Crippen LogP contribution in [0.1, 0.15) is 71.1 Å². The predicted molar refractivity (Wildman–Crippen MR) is 84.3 cm³/mol. The molecule has 0 aliphatic heterocycles. The Morgan fingerprint density at radius 3 is 1.44 bits per heavy atom. The molecule has 0 fully saturated rings. The molecular weight excluding hydrogens is 233 g/mol. The summed E-state index contributed by atoms with van der Waals surface area (Å²) >= 11 is 4.21. The Bertz CT molecular complexity index is 93.0. The van der Waals surface area contributed by atoms with Crippen LogP contribution in [0.2, 0.25) is 6.32 Å². The Morgan fingerprint density at radius 1 is 0.688 bits per heavy atom. The molecule has 0 N–H and O–H groups in total. The Labute approximate surface area is 154 Å². The van der Waals surface area contributed by atoms with Crippen molar-refractivity contribution in [3.05, 3.63) is 0 Å². The molecule has 0 saturated carbocycles. The van der Waals surface area contributed by atoms with E-state index in [9.17, 15) is 0 Å². The standard InChI is InChI=1S/C12H27BS.2Na/c1-2-3-4-5-6-7-8-9-10-11-12-13-14;;/h13-14H,2-12H2,1H3;;. The van der Waals surface area contributed by atoms with Crippen LogP contribution < -0.4 is 0 Å². The summed E-state index contributed by atoms with van der Waals surface area (Å²) in [5.41, 5.74) is 0. The van der Waals surface area contributed by atoms with Gasteiger partial charge in [-0.1, -0.05) is 77.5 Å². The zero-order valence-corrected chi connectivity index (χ0v) is 16.8. The van der Waals surface area contributed by atoms with E-state index in [-0.39, 0.29) is 59.1 Å². The average Bonchev–Trinajstić information content (AvgIpc) is 2.21. The molecule has 4 heteroatoms. The minimum Gasteiger partial charge on any atom is -0.232 e. The van der Waals surface area contributed by atoms with E-state index in [1.54, 1.807) is 0 Å². The van der Waals surface area contributed by atoms with Crippen LogP contribution in [-0.2, 0) is 0 Å². The van der Waals surface area contributed by atoms with E-state index in [0.717, 1.165) is 6.56 Å². The van der Waals surface area contributed by atoms with Crippen molar-refractivity contribution in [3.8, 4) is 0 Å². The number of thiol groups is 1. The minimum absolute atomic E-state index is 0. The first-order chi connectivity index (χ1) is 6.91. The van der Waals surface area contributed by atoms with E-state index in [0.29, 0.717) is 0 Å². The van der Waals surface area contributed by atoms with Crippen molar-refractivity contribution < 1.29 is 0 Å². The first kappa shape index (κ1) is 23.5. The van der Waals surface area contributed by atoms with Gasteiger partial charge >= 0.3 is 0 Å². The molecule has 0 spiro atoms. The molecule has 0 saturated heterocycles. The summed E-state index contributed by atoms with van der Waals surface area (Å²) in [4.78, 5) is 0. The smallest absolute Gasteiger partial charge is 0.187 e. The Kier molecular flexibility index (Phi) is 33.2. The monoisotopic (exact) mass is 260 g/mol. The van der Waals surface area contributed by atoms with Crippen molar-refractivity contribution in [2.45, 2.75) is 77.5 Å². The van der Waals surface area contributed by atoms with Crippen LogP contribution in [0.4, 0.5) is 0 Å². The van der Waals surface area contributed by atoms with Gasteiger partial charge in [0.15, 0.2) is 6.56 Å². The van der Waals surface area contributed by atoms with E-state index in [1.165, 1.54) is 70.5 Å². The van der Waals surface area contributed by atoms with E-state index in [1.807, 2.05) is 0 Å². The molecule has 0 atom stereocenters. The second-order valence-electron chi connectivity index (χ2n) is 4.26. The van der Waals surface area contributed by atoms with Crippen LogP contribution in [0.3, 0.4) is 0 Å². The van der Waals surface area contributed by atoms with Crippen LogP contribution in [0.15, 0.2) is 0 Å². The number of hydrogen-bond acceptors (Lipinski definition) is 1. The van der Waals surface area contributed by atoms with E-state index in [2.05, 4.69) is 19.4 Å². The van der Waals surface area contributed by atoms with E-state index in [4.69, 9.17) is 0 Å². The third-order valence-electron chi connectivity index (χ3n) is 2.76. The summed E-state index contributed by atoms with van der Waals surface area (Å²) in [5, 5.41) is 0. The molecule has 0 unspecified atom stereocenters. The van der Waals surface area contributed by atoms with Gasteiger partial charge < -0.3 is 0 Å². The molecule has 0 aromatic rings. The zero-order chi connectivity index (χ0) is 10.5. The second-order valence-corrected chi connectivity index (χ2v) is 4.71. The fraction of sp³-hybridized carbons (Fsp3) is 1.00. The normalized spacial score (nSPS) is 9.12. The summed E-state index contributed by atoms with van der Waals surface area (Å²) in [6.45, 7) is 3.35. The molecule has 86 valence electrons. The molecule has 0 heterocycles. The Morgan fingerprint density at radius 2 is 1.06 bits per heavy atom. The number of hydrogen-bond donors (Lipinski definition) is 1. The summed E-state index contributed by atoms with van der Waals surface area (Å²) in [5.74, 6) is 0. The van der Waals surface area contributed by atoms with Crippen molar-refractivity contribution >= 4 is 78.2 Å². The third-order valence-corrected chi connectivity index (χ3v) is 3.08. The maximum atomic E-state index is 4.21. The van der Waals surface area contributed by atoms with E-state index >= 15 is 0 Å². The van der Waals surface area contributed by atoms with Gasteiger partial charge in [-0.3, -0.25) is 0 Å². The maximum Gasteiger partial charge on any atom is 0.187 e. The topological polar surface area (TPSA) is 0 Å². The van der Waals surface area contributed by atoms with E-state index < -0.39 is 0 Å². The van der Waals surface area contributed by atoms with Gasteiger partial charge in [0, 0.05) is 59.1 Å². The molecule has 2 radical (unpaired) electrons. The van der Waals surface area contributed by atoms with Gasteiger partial charge in [-0.05, 0) is 0 Å². The van der Waals surface area contributed by atoms with Crippen molar-refractivity contribution in [3.63, 3.8) is 0 Å². The third kappa shape index (κ3) is 21.7. The zero-order valence-electron chi connectivity index (χ0n) is 11.9. The van der Waals surface area contributed by atoms with Crippen LogP contribution in [0.25, 0.3) is 0 Å². The summed E-state index contributed by atoms with van der Waals surface area (Å²) in [6, 6.07) is 0. The van der Waals surface area contributed by atoms with Gasteiger partial charge in [0.2, 0.25) is 0 Å². The molecule has 0 rings (SSSR count). The van der Waals surface area contributed by atoms with Crippen LogP contribution in [0, 0.1) is 0 Å². The van der Waals surface area contributed by atoms with Crippen LogP contribution in [0.5, 0.6) is 0 Å². The molecule has 0 aromatic heterocycles. The Hall–Kier alpha value is 2.41. The fourth-order valence-corrected chi connectivity index (χ4v) is 2.00. The molecule has 0 bridgehead atoms. The molecule has 0 amide bonds. The quantitative estimate of drug-likeness (QED) is 0.325. The molecule has 0 aliphatic rings. The van der Waals surface area contributed by atoms with Crippen molar-refractivity contribution in [1.29, 1.82) is 0 Å². The Balaban J connectivity index is -0.000000845. The molecule has 0 aliphatic carbocycles. The molecule has 0 nitrogen and oxygen atoms in total.